The van der Waals surface area contributed by atoms with E-state index in [0.29, 0.717) is 34.6 Å². The van der Waals surface area contributed by atoms with Gasteiger partial charge in [0.05, 0.1) is 12.1 Å². The molecular weight excluding hydrogens is 438 g/mol. The van der Waals surface area contributed by atoms with E-state index in [0.717, 1.165) is 11.1 Å². The summed E-state index contributed by atoms with van der Waals surface area (Å²) in [5.41, 5.74) is 3.80. The number of halogens is 1. The molecule has 0 spiro atoms. The van der Waals surface area contributed by atoms with Crippen LogP contribution in [0.2, 0.25) is 5.02 Å². The molecule has 168 valence electrons. The zero-order chi connectivity index (χ0) is 23.4. The Morgan fingerprint density at radius 3 is 2.45 bits per heavy atom. The maximum Gasteiger partial charge on any atom is 0.363 e. The quantitative estimate of drug-likeness (QED) is 0.302. The summed E-state index contributed by atoms with van der Waals surface area (Å²) >= 11 is 6.48. The molecule has 0 atom stereocenters. The smallest absolute Gasteiger partial charge is 0.363 e. The van der Waals surface area contributed by atoms with Gasteiger partial charge in [0.1, 0.15) is 6.61 Å². The van der Waals surface area contributed by atoms with Gasteiger partial charge in [-0.15, -0.1) is 0 Å². The van der Waals surface area contributed by atoms with Gasteiger partial charge in [0.15, 0.2) is 17.2 Å². The van der Waals surface area contributed by atoms with Crippen molar-refractivity contribution < 1.29 is 19.0 Å². The lowest BCUT2D eigenvalue weighted by molar-refractivity contribution is -0.129. The molecule has 5 nitrogen and oxygen atoms in total. The molecule has 0 aliphatic carbocycles. The molecule has 1 aliphatic rings. The molecule has 1 heterocycles. The Bertz CT molecular complexity index is 1210. The van der Waals surface area contributed by atoms with Crippen molar-refractivity contribution in [1.29, 1.82) is 0 Å². The number of ether oxygens (including phenoxy) is 3. The molecule has 0 saturated carbocycles. The van der Waals surface area contributed by atoms with Crippen LogP contribution in [0.1, 0.15) is 42.0 Å². The number of hydrogen-bond donors (Lipinski definition) is 0. The first-order valence-corrected chi connectivity index (χ1v) is 11.0. The van der Waals surface area contributed by atoms with Crippen molar-refractivity contribution in [3.8, 4) is 11.5 Å². The van der Waals surface area contributed by atoms with E-state index in [1.54, 1.807) is 25.3 Å². The minimum atomic E-state index is -0.516. The number of cyclic esters (lactones) is 1. The molecule has 0 aromatic heterocycles. The van der Waals surface area contributed by atoms with E-state index in [-0.39, 0.29) is 11.6 Å². The molecule has 0 amide bonds. The molecular formula is C27H24ClNO4. The lowest BCUT2D eigenvalue weighted by atomic mass is 10.0. The predicted molar refractivity (Wildman–Crippen MR) is 130 cm³/mol. The van der Waals surface area contributed by atoms with Gasteiger partial charge in [-0.2, -0.15) is 0 Å². The Balaban J connectivity index is 1.57. The number of esters is 1. The fraction of sp³-hybridized carbons (Fsp3) is 0.185. The molecule has 6 heteroatoms. The Morgan fingerprint density at radius 1 is 1.06 bits per heavy atom. The minimum absolute atomic E-state index is 0.189. The first kappa shape index (κ1) is 22.6. The Morgan fingerprint density at radius 2 is 1.79 bits per heavy atom. The third kappa shape index (κ3) is 5.26. The van der Waals surface area contributed by atoms with E-state index in [1.165, 1.54) is 5.56 Å². The highest BCUT2D eigenvalue weighted by atomic mass is 35.5. The zero-order valence-electron chi connectivity index (χ0n) is 18.7. The maximum absolute atomic E-state index is 12.4. The first-order valence-electron chi connectivity index (χ1n) is 10.6. The number of hydrogen-bond acceptors (Lipinski definition) is 5. The second-order valence-corrected chi connectivity index (χ2v) is 8.33. The van der Waals surface area contributed by atoms with Crippen molar-refractivity contribution in [3.05, 3.63) is 99.7 Å². The van der Waals surface area contributed by atoms with Crippen molar-refractivity contribution in [1.82, 2.24) is 0 Å². The lowest BCUT2D eigenvalue weighted by Crippen LogP contribution is -2.05. The number of carbonyl (C=O) groups excluding carboxylic acids is 1. The highest BCUT2D eigenvalue weighted by Gasteiger charge is 2.24. The van der Waals surface area contributed by atoms with Crippen LogP contribution in [0.3, 0.4) is 0 Å². The van der Waals surface area contributed by atoms with Crippen LogP contribution in [0.15, 0.2) is 77.4 Å². The summed E-state index contributed by atoms with van der Waals surface area (Å²) < 4.78 is 16.8. The second kappa shape index (κ2) is 9.92. The van der Waals surface area contributed by atoms with Crippen molar-refractivity contribution in [3.63, 3.8) is 0 Å². The largest absolute Gasteiger partial charge is 0.493 e. The van der Waals surface area contributed by atoms with Gasteiger partial charge >= 0.3 is 5.97 Å². The van der Waals surface area contributed by atoms with Crippen LogP contribution < -0.4 is 9.47 Å². The topological polar surface area (TPSA) is 57.1 Å². The van der Waals surface area contributed by atoms with Crippen LogP contribution in [0.4, 0.5) is 0 Å². The van der Waals surface area contributed by atoms with Gasteiger partial charge < -0.3 is 14.2 Å². The van der Waals surface area contributed by atoms with Crippen LogP contribution in [0.25, 0.3) is 6.08 Å². The summed E-state index contributed by atoms with van der Waals surface area (Å²) in [5, 5.41) is 0.372. The Labute approximate surface area is 198 Å². The number of carbonyl (C=O) groups is 1. The van der Waals surface area contributed by atoms with E-state index in [1.807, 2.05) is 54.6 Å². The summed E-state index contributed by atoms with van der Waals surface area (Å²) in [6.07, 6.45) is 1.62. The fourth-order valence-corrected chi connectivity index (χ4v) is 3.67. The normalized spacial score (nSPS) is 14.4. The lowest BCUT2D eigenvalue weighted by Gasteiger charge is -2.13. The molecule has 3 aromatic carbocycles. The van der Waals surface area contributed by atoms with E-state index < -0.39 is 5.97 Å². The highest BCUT2D eigenvalue weighted by Crippen LogP contribution is 2.38. The van der Waals surface area contributed by atoms with Gasteiger partial charge in [-0.1, -0.05) is 67.9 Å². The van der Waals surface area contributed by atoms with Gasteiger partial charge in [0, 0.05) is 5.56 Å². The van der Waals surface area contributed by atoms with Crippen molar-refractivity contribution in [2.45, 2.75) is 26.4 Å². The van der Waals surface area contributed by atoms with Gasteiger partial charge in [0.25, 0.3) is 0 Å². The molecule has 1 aliphatic heterocycles. The summed E-state index contributed by atoms with van der Waals surface area (Å²) in [4.78, 5) is 16.8. The standard InChI is InChI=1S/C27H24ClNO4/c1-17(2)20-9-11-21(12-10-20)26-29-23(27(30)33-26)14-19-13-22(28)25(24(15-19)31-3)32-16-18-7-5-4-6-8-18/h4-15,17H,16H2,1-3H3/b23-14-. The molecule has 33 heavy (non-hydrogen) atoms. The number of benzene rings is 3. The SMILES string of the molecule is COc1cc(/C=C2\N=C(c3ccc(C(C)C)cc3)OC2=O)cc(Cl)c1OCc1ccccc1. The van der Waals surface area contributed by atoms with E-state index >= 15 is 0 Å². The number of aliphatic imine (C=N–C) groups is 1. The number of rotatable bonds is 7. The molecule has 0 N–H and O–H groups in total. The minimum Gasteiger partial charge on any atom is -0.493 e. The summed E-state index contributed by atoms with van der Waals surface area (Å²) in [6.45, 7) is 4.60. The monoisotopic (exact) mass is 461 g/mol. The second-order valence-electron chi connectivity index (χ2n) is 7.92. The zero-order valence-corrected chi connectivity index (χ0v) is 19.4. The van der Waals surface area contributed by atoms with Gasteiger partial charge in [0.2, 0.25) is 5.90 Å². The summed E-state index contributed by atoms with van der Waals surface area (Å²) in [6, 6.07) is 21.1. The number of methoxy groups -OCH3 is 1. The van der Waals surface area contributed by atoms with E-state index in [2.05, 4.69) is 18.8 Å². The molecule has 0 fully saturated rings. The van der Waals surface area contributed by atoms with Gasteiger partial charge in [-0.05, 0) is 52.9 Å². The average molecular weight is 462 g/mol. The van der Waals surface area contributed by atoms with Gasteiger partial charge in [-0.3, -0.25) is 0 Å². The molecule has 0 radical (unpaired) electrons. The fourth-order valence-electron chi connectivity index (χ4n) is 3.39. The van der Waals surface area contributed by atoms with Crippen LogP contribution in [-0.2, 0) is 16.1 Å². The molecule has 3 aromatic rings. The summed E-state index contributed by atoms with van der Waals surface area (Å²) in [7, 11) is 1.54. The van der Waals surface area contributed by atoms with E-state index in [9.17, 15) is 4.79 Å². The predicted octanol–water partition coefficient (Wildman–Crippen LogP) is 6.40. The maximum atomic E-state index is 12.4. The van der Waals surface area contributed by atoms with Crippen molar-refractivity contribution >= 4 is 29.5 Å². The highest BCUT2D eigenvalue weighted by molar-refractivity contribution is 6.32. The number of nitrogens with zero attached hydrogens (tertiary/aromatic N) is 1. The van der Waals surface area contributed by atoms with Crippen LogP contribution in [0, 0.1) is 0 Å². The van der Waals surface area contributed by atoms with Crippen molar-refractivity contribution in [2.24, 2.45) is 4.99 Å². The molecule has 0 bridgehead atoms. The average Bonchev–Trinajstić information content (AvgIpc) is 3.18. The van der Waals surface area contributed by atoms with Crippen LogP contribution in [0.5, 0.6) is 11.5 Å². The van der Waals surface area contributed by atoms with Crippen LogP contribution >= 0.6 is 11.6 Å². The van der Waals surface area contributed by atoms with Crippen molar-refractivity contribution in [2.75, 3.05) is 7.11 Å². The third-order valence-corrected chi connectivity index (χ3v) is 5.51. The third-order valence-electron chi connectivity index (χ3n) is 5.23. The first-order chi connectivity index (χ1) is 15.9. The van der Waals surface area contributed by atoms with E-state index in [4.69, 9.17) is 25.8 Å². The Hall–Kier alpha value is -3.57. The molecule has 0 unspecified atom stereocenters. The van der Waals surface area contributed by atoms with Crippen LogP contribution in [-0.4, -0.2) is 19.0 Å². The Kier molecular flexibility index (Phi) is 6.80. The molecule has 0 saturated heterocycles. The molecule has 4 rings (SSSR count). The summed E-state index contributed by atoms with van der Waals surface area (Å²) in [5.74, 6) is 1.08. The van der Waals surface area contributed by atoms with Gasteiger partial charge in [-0.25, -0.2) is 9.79 Å².